The summed E-state index contributed by atoms with van der Waals surface area (Å²) in [6.07, 6.45) is 0.0206. The molecule has 17 heavy (non-hydrogen) atoms. The van der Waals surface area contributed by atoms with Crippen LogP contribution in [0.3, 0.4) is 0 Å². The molecular weight excluding hydrogens is 242 g/mol. The fourth-order valence-corrected chi connectivity index (χ4v) is 2.11. The lowest BCUT2D eigenvalue weighted by atomic mass is 10.1. The first kappa shape index (κ1) is 11.9. The van der Waals surface area contributed by atoms with Gasteiger partial charge in [-0.3, -0.25) is 4.79 Å². The first-order valence-electron chi connectivity index (χ1n) is 5.30. The molecule has 2 rings (SSSR count). The zero-order valence-electron chi connectivity index (χ0n) is 9.06. The second kappa shape index (κ2) is 4.75. The monoisotopic (exact) mass is 252 g/mol. The lowest BCUT2D eigenvalue weighted by molar-refractivity contribution is -0.311. The minimum Gasteiger partial charge on any atom is -0.550 e. The Bertz CT molecular complexity index is 461. The quantitative estimate of drug-likeness (QED) is 0.784. The van der Waals surface area contributed by atoms with Gasteiger partial charge in [0.2, 0.25) is 5.91 Å². The molecule has 0 N–H and O–H groups in total. The maximum absolute atomic E-state index is 11.6. The molecule has 0 aliphatic carbocycles. The standard InChI is InChI=1S/C12H12ClNO3/c13-10-4-2-1-3-8(10)6-14-7-9(12(16)17)5-11(14)15/h1-4,9H,5-7H2,(H,16,17)/p-1/t9-/m0/s1. The molecule has 0 unspecified atom stereocenters. The zero-order valence-corrected chi connectivity index (χ0v) is 9.81. The van der Waals surface area contributed by atoms with E-state index in [9.17, 15) is 14.7 Å². The van der Waals surface area contributed by atoms with E-state index in [0.717, 1.165) is 5.56 Å². The van der Waals surface area contributed by atoms with Gasteiger partial charge in [-0.15, -0.1) is 0 Å². The number of amides is 1. The number of rotatable bonds is 3. The number of carboxylic acids is 1. The van der Waals surface area contributed by atoms with Crippen LogP contribution >= 0.6 is 11.6 Å². The van der Waals surface area contributed by atoms with E-state index in [0.29, 0.717) is 11.6 Å². The maximum Gasteiger partial charge on any atom is 0.223 e. The van der Waals surface area contributed by atoms with E-state index in [1.807, 2.05) is 18.2 Å². The molecule has 1 fully saturated rings. The van der Waals surface area contributed by atoms with Crippen molar-refractivity contribution in [2.75, 3.05) is 6.54 Å². The smallest absolute Gasteiger partial charge is 0.223 e. The van der Waals surface area contributed by atoms with E-state index in [4.69, 9.17) is 11.6 Å². The number of nitrogens with zero attached hydrogens (tertiary/aromatic N) is 1. The third kappa shape index (κ3) is 2.58. The van der Waals surface area contributed by atoms with Gasteiger partial charge in [-0.05, 0) is 11.6 Å². The topological polar surface area (TPSA) is 60.4 Å². The van der Waals surface area contributed by atoms with Crippen molar-refractivity contribution in [1.29, 1.82) is 0 Å². The Morgan fingerprint density at radius 3 is 2.76 bits per heavy atom. The Morgan fingerprint density at radius 1 is 1.47 bits per heavy atom. The summed E-state index contributed by atoms with van der Waals surface area (Å²) in [6.45, 7) is 0.550. The fraction of sp³-hybridized carbons (Fsp3) is 0.333. The van der Waals surface area contributed by atoms with Crippen LogP contribution in [0.4, 0.5) is 0 Å². The van der Waals surface area contributed by atoms with Gasteiger partial charge in [0.15, 0.2) is 0 Å². The molecule has 0 bridgehead atoms. The van der Waals surface area contributed by atoms with Crippen LogP contribution in [0.1, 0.15) is 12.0 Å². The Kier molecular flexibility index (Phi) is 3.33. The maximum atomic E-state index is 11.6. The summed E-state index contributed by atoms with van der Waals surface area (Å²) in [5.41, 5.74) is 0.821. The number of hydrogen-bond acceptors (Lipinski definition) is 3. The molecular formula is C12H11ClNO3-. The van der Waals surface area contributed by atoms with Gasteiger partial charge in [0.1, 0.15) is 0 Å². The number of aliphatic carboxylic acids is 1. The van der Waals surface area contributed by atoms with Crippen LogP contribution in [-0.4, -0.2) is 23.3 Å². The van der Waals surface area contributed by atoms with Gasteiger partial charge in [0, 0.05) is 36.4 Å². The van der Waals surface area contributed by atoms with Gasteiger partial charge >= 0.3 is 0 Å². The summed E-state index contributed by atoms with van der Waals surface area (Å²) in [5, 5.41) is 11.3. The molecule has 4 nitrogen and oxygen atoms in total. The highest BCUT2D eigenvalue weighted by molar-refractivity contribution is 6.31. The van der Waals surface area contributed by atoms with Crippen molar-refractivity contribution in [3.05, 3.63) is 34.9 Å². The average Bonchev–Trinajstić information content (AvgIpc) is 2.64. The Hall–Kier alpha value is -1.55. The van der Waals surface area contributed by atoms with Crippen LogP contribution < -0.4 is 5.11 Å². The van der Waals surface area contributed by atoms with Crippen LogP contribution in [-0.2, 0) is 16.1 Å². The predicted molar refractivity (Wildman–Crippen MR) is 60.0 cm³/mol. The van der Waals surface area contributed by atoms with Gasteiger partial charge in [0.25, 0.3) is 0 Å². The van der Waals surface area contributed by atoms with Gasteiger partial charge in [0.05, 0.1) is 0 Å². The molecule has 90 valence electrons. The Morgan fingerprint density at radius 2 is 2.18 bits per heavy atom. The molecule has 5 heteroatoms. The molecule has 0 saturated carbocycles. The summed E-state index contributed by atoms with van der Waals surface area (Å²) in [5.74, 6) is -2.04. The number of halogens is 1. The van der Waals surface area contributed by atoms with E-state index in [1.165, 1.54) is 4.90 Å². The summed E-state index contributed by atoms with van der Waals surface area (Å²) >= 11 is 5.98. The van der Waals surface area contributed by atoms with Gasteiger partial charge < -0.3 is 14.8 Å². The summed E-state index contributed by atoms with van der Waals surface area (Å²) < 4.78 is 0. The van der Waals surface area contributed by atoms with Crippen molar-refractivity contribution >= 4 is 23.5 Å². The number of carboxylic acid groups (broad SMARTS) is 1. The fourth-order valence-electron chi connectivity index (χ4n) is 1.92. The van der Waals surface area contributed by atoms with Crippen LogP contribution in [0.5, 0.6) is 0 Å². The summed E-state index contributed by atoms with van der Waals surface area (Å²) in [6, 6.07) is 7.20. The summed E-state index contributed by atoms with van der Waals surface area (Å²) in [7, 11) is 0. The zero-order chi connectivity index (χ0) is 12.4. The third-order valence-corrected chi connectivity index (χ3v) is 3.24. The molecule has 1 atom stereocenters. The Labute approximate surface area is 104 Å². The van der Waals surface area contributed by atoms with Crippen LogP contribution in [0, 0.1) is 5.92 Å². The molecule has 1 saturated heterocycles. The molecule has 1 amide bonds. The molecule has 1 aliphatic rings. The number of carbonyl (C=O) groups is 2. The van der Waals surface area contributed by atoms with Crippen molar-refractivity contribution < 1.29 is 14.7 Å². The number of benzene rings is 1. The van der Waals surface area contributed by atoms with Crippen molar-refractivity contribution in [2.45, 2.75) is 13.0 Å². The lowest BCUT2D eigenvalue weighted by Gasteiger charge is -2.17. The lowest BCUT2D eigenvalue weighted by Crippen LogP contribution is -2.33. The van der Waals surface area contributed by atoms with Crippen molar-refractivity contribution in [2.24, 2.45) is 5.92 Å². The Balaban J connectivity index is 2.08. The summed E-state index contributed by atoms with van der Waals surface area (Å²) in [4.78, 5) is 23.8. The van der Waals surface area contributed by atoms with Gasteiger partial charge in [-0.1, -0.05) is 29.8 Å². The SMILES string of the molecule is O=C([O-])[C@H]1CC(=O)N(Cc2ccccc2Cl)C1. The highest BCUT2D eigenvalue weighted by atomic mass is 35.5. The van der Waals surface area contributed by atoms with Crippen molar-refractivity contribution in [3.8, 4) is 0 Å². The first-order chi connectivity index (χ1) is 8.08. The predicted octanol–water partition coefficient (Wildman–Crippen LogP) is 0.438. The first-order valence-corrected chi connectivity index (χ1v) is 5.68. The molecule has 0 aromatic heterocycles. The molecule has 0 radical (unpaired) electrons. The third-order valence-electron chi connectivity index (χ3n) is 2.87. The molecule has 1 aliphatic heterocycles. The molecule has 1 aromatic carbocycles. The number of carbonyl (C=O) groups excluding carboxylic acids is 2. The van der Waals surface area contributed by atoms with Crippen LogP contribution in [0.25, 0.3) is 0 Å². The molecule has 0 spiro atoms. The number of likely N-dealkylation sites (tertiary alicyclic amines) is 1. The van der Waals surface area contributed by atoms with E-state index < -0.39 is 11.9 Å². The molecule has 1 aromatic rings. The van der Waals surface area contributed by atoms with E-state index >= 15 is 0 Å². The van der Waals surface area contributed by atoms with Crippen LogP contribution in [0.2, 0.25) is 5.02 Å². The average molecular weight is 253 g/mol. The van der Waals surface area contributed by atoms with Crippen LogP contribution in [0.15, 0.2) is 24.3 Å². The van der Waals surface area contributed by atoms with E-state index in [-0.39, 0.29) is 18.9 Å². The van der Waals surface area contributed by atoms with Crippen molar-refractivity contribution in [3.63, 3.8) is 0 Å². The minimum absolute atomic E-state index is 0.0206. The highest BCUT2D eigenvalue weighted by Crippen LogP contribution is 2.23. The largest absolute Gasteiger partial charge is 0.550 e. The van der Waals surface area contributed by atoms with E-state index in [2.05, 4.69) is 0 Å². The van der Waals surface area contributed by atoms with Crippen molar-refractivity contribution in [1.82, 2.24) is 4.90 Å². The number of hydrogen-bond donors (Lipinski definition) is 0. The normalized spacial score (nSPS) is 19.7. The highest BCUT2D eigenvalue weighted by Gasteiger charge is 2.30. The van der Waals surface area contributed by atoms with Gasteiger partial charge in [-0.25, -0.2) is 0 Å². The minimum atomic E-state index is -1.17. The molecule has 1 heterocycles. The van der Waals surface area contributed by atoms with Gasteiger partial charge in [-0.2, -0.15) is 0 Å². The second-order valence-electron chi connectivity index (χ2n) is 4.09. The second-order valence-corrected chi connectivity index (χ2v) is 4.49. The van der Waals surface area contributed by atoms with E-state index in [1.54, 1.807) is 6.07 Å².